The van der Waals surface area contributed by atoms with E-state index in [2.05, 4.69) is 48.3 Å². The van der Waals surface area contributed by atoms with E-state index in [-0.39, 0.29) is 0 Å². The van der Waals surface area contributed by atoms with Crippen molar-refractivity contribution in [2.45, 2.75) is 40.5 Å². The van der Waals surface area contributed by atoms with E-state index in [1.54, 1.807) is 11.3 Å². The van der Waals surface area contributed by atoms with Gasteiger partial charge in [0.2, 0.25) is 0 Å². The number of nitrogens with zero attached hydrogens (tertiary/aromatic N) is 2. The summed E-state index contributed by atoms with van der Waals surface area (Å²) in [5.74, 6) is 1.47. The minimum atomic E-state index is 0.594. The van der Waals surface area contributed by atoms with Crippen LogP contribution >= 0.6 is 11.3 Å². The lowest BCUT2D eigenvalue weighted by atomic mass is 10.2. The Morgan fingerprint density at radius 3 is 2.86 bits per heavy atom. The highest BCUT2D eigenvalue weighted by Gasteiger charge is 2.01. The molecule has 0 fully saturated rings. The van der Waals surface area contributed by atoms with Crippen molar-refractivity contribution in [1.29, 1.82) is 0 Å². The summed E-state index contributed by atoms with van der Waals surface area (Å²) in [5, 5.41) is 7.79. The van der Waals surface area contributed by atoms with E-state index < -0.39 is 0 Å². The monoisotopic (exact) mass is 326 g/mol. The van der Waals surface area contributed by atoms with Crippen molar-refractivity contribution in [3.63, 3.8) is 0 Å². The van der Waals surface area contributed by atoms with E-state index in [4.69, 9.17) is 4.74 Å². The highest BCUT2D eigenvalue weighted by atomic mass is 32.1. The summed E-state index contributed by atoms with van der Waals surface area (Å²) in [6.45, 7) is 12.6. The third kappa shape index (κ3) is 9.00. The van der Waals surface area contributed by atoms with Crippen molar-refractivity contribution < 1.29 is 4.74 Å². The lowest BCUT2D eigenvalue weighted by Crippen LogP contribution is -2.38. The van der Waals surface area contributed by atoms with Gasteiger partial charge in [0, 0.05) is 50.3 Å². The molecule has 126 valence electrons. The first kappa shape index (κ1) is 18.9. The predicted molar refractivity (Wildman–Crippen MR) is 94.8 cm³/mol. The van der Waals surface area contributed by atoms with Gasteiger partial charge in [0.1, 0.15) is 0 Å². The van der Waals surface area contributed by atoms with Gasteiger partial charge in [0.05, 0.1) is 5.01 Å². The molecule has 6 heteroatoms. The van der Waals surface area contributed by atoms with Crippen LogP contribution in [0.5, 0.6) is 0 Å². The molecule has 0 atom stereocenters. The topological polar surface area (TPSA) is 58.5 Å². The zero-order valence-corrected chi connectivity index (χ0v) is 15.1. The maximum atomic E-state index is 5.56. The number of aromatic nitrogens is 1. The van der Waals surface area contributed by atoms with E-state index >= 15 is 0 Å². The Hall–Kier alpha value is -1.14. The number of ether oxygens (including phenoxy) is 1. The molecule has 0 aliphatic heterocycles. The van der Waals surface area contributed by atoms with Gasteiger partial charge >= 0.3 is 0 Å². The van der Waals surface area contributed by atoms with Gasteiger partial charge in [-0.3, -0.25) is 4.99 Å². The molecule has 0 aliphatic carbocycles. The van der Waals surface area contributed by atoms with Gasteiger partial charge in [-0.1, -0.05) is 13.8 Å². The molecule has 1 rings (SSSR count). The van der Waals surface area contributed by atoms with Crippen molar-refractivity contribution in [3.05, 3.63) is 16.1 Å². The van der Waals surface area contributed by atoms with Crippen LogP contribution in [-0.4, -0.2) is 43.8 Å². The molecule has 0 radical (unpaired) electrons. The second kappa shape index (κ2) is 11.4. The fraction of sp³-hybridized carbons (Fsp3) is 0.750. The van der Waals surface area contributed by atoms with E-state index in [9.17, 15) is 0 Å². The quantitative estimate of drug-likeness (QED) is 0.394. The van der Waals surface area contributed by atoms with Crippen molar-refractivity contribution in [1.82, 2.24) is 15.6 Å². The number of aliphatic imine (C=N–C) groups is 1. The van der Waals surface area contributed by atoms with Crippen molar-refractivity contribution in [2.75, 3.05) is 32.8 Å². The molecule has 0 bridgehead atoms. The highest BCUT2D eigenvalue weighted by Crippen LogP contribution is 2.10. The van der Waals surface area contributed by atoms with Crippen molar-refractivity contribution in [2.24, 2.45) is 10.9 Å². The predicted octanol–water partition coefficient (Wildman–Crippen LogP) is 2.61. The summed E-state index contributed by atoms with van der Waals surface area (Å²) in [4.78, 5) is 10.2. The van der Waals surface area contributed by atoms with Crippen LogP contribution in [0.1, 0.15) is 37.1 Å². The SMILES string of the molecule is CCNC(=NCCCOCC(C)C)NCCc1ncc(C)s1. The maximum Gasteiger partial charge on any atom is 0.191 e. The molecule has 0 aliphatic rings. The molecule has 1 heterocycles. The summed E-state index contributed by atoms with van der Waals surface area (Å²) in [6.07, 6.45) is 3.81. The molecule has 2 N–H and O–H groups in total. The van der Waals surface area contributed by atoms with E-state index in [1.807, 2.05) is 6.20 Å². The first-order chi connectivity index (χ1) is 10.6. The Balaban J connectivity index is 2.20. The van der Waals surface area contributed by atoms with Crippen LogP contribution in [-0.2, 0) is 11.2 Å². The molecule has 0 unspecified atom stereocenters. The van der Waals surface area contributed by atoms with Gasteiger partial charge in [-0.05, 0) is 26.2 Å². The van der Waals surface area contributed by atoms with Gasteiger partial charge in [-0.25, -0.2) is 4.98 Å². The van der Waals surface area contributed by atoms with Gasteiger partial charge < -0.3 is 15.4 Å². The van der Waals surface area contributed by atoms with Gasteiger partial charge in [-0.15, -0.1) is 11.3 Å². The Kier molecular flexibility index (Phi) is 9.82. The fourth-order valence-corrected chi connectivity index (χ4v) is 2.61. The van der Waals surface area contributed by atoms with Crippen LogP contribution in [0.4, 0.5) is 0 Å². The summed E-state index contributed by atoms with van der Waals surface area (Å²) in [5.41, 5.74) is 0. The molecule has 1 aromatic heterocycles. The van der Waals surface area contributed by atoms with E-state index in [0.29, 0.717) is 5.92 Å². The highest BCUT2D eigenvalue weighted by molar-refractivity contribution is 7.11. The summed E-state index contributed by atoms with van der Waals surface area (Å²) < 4.78 is 5.56. The standard InChI is InChI=1S/C16H30N4OS/c1-5-17-16(18-8-6-10-21-12-13(2)3)19-9-7-15-20-11-14(4)22-15/h11,13H,5-10,12H2,1-4H3,(H2,17,18,19). The second-order valence-electron chi connectivity index (χ2n) is 5.62. The number of rotatable bonds is 10. The molecular formula is C16H30N4OS. The Labute approximate surface area is 138 Å². The van der Waals surface area contributed by atoms with Crippen LogP contribution < -0.4 is 10.6 Å². The van der Waals surface area contributed by atoms with Gasteiger partial charge in [-0.2, -0.15) is 0 Å². The largest absolute Gasteiger partial charge is 0.381 e. The average Bonchev–Trinajstić information content (AvgIpc) is 2.88. The maximum absolute atomic E-state index is 5.56. The molecule has 22 heavy (non-hydrogen) atoms. The second-order valence-corrected chi connectivity index (χ2v) is 6.94. The third-order valence-electron chi connectivity index (χ3n) is 2.81. The molecule has 0 saturated heterocycles. The zero-order chi connectivity index (χ0) is 16.2. The first-order valence-electron chi connectivity index (χ1n) is 8.13. The molecular weight excluding hydrogens is 296 g/mol. The van der Waals surface area contributed by atoms with Crippen LogP contribution in [0, 0.1) is 12.8 Å². The normalized spacial score (nSPS) is 12.0. The smallest absolute Gasteiger partial charge is 0.191 e. The third-order valence-corrected chi connectivity index (χ3v) is 3.79. The number of thiazole rings is 1. The molecule has 0 spiro atoms. The van der Waals surface area contributed by atoms with Crippen LogP contribution in [0.3, 0.4) is 0 Å². The van der Waals surface area contributed by atoms with E-state index in [0.717, 1.165) is 51.6 Å². The molecule has 5 nitrogen and oxygen atoms in total. The molecule has 0 amide bonds. The number of nitrogens with one attached hydrogen (secondary N) is 2. The molecule has 0 aromatic carbocycles. The van der Waals surface area contributed by atoms with Crippen molar-refractivity contribution >= 4 is 17.3 Å². The van der Waals surface area contributed by atoms with E-state index in [1.165, 1.54) is 9.88 Å². The number of hydrogen-bond acceptors (Lipinski definition) is 4. The average molecular weight is 327 g/mol. The Bertz CT molecular complexity index is 432. The van der Waals surface area contributed by atoms with Crippen molar-refractivity contribution in [3.8, 4) is 0 Å². The van der Waals surface area contributed by atoms with Crippen LogP contribution in [0.25, 0.3) is 0 Å². The summed E-state index contributed by atoms with van der Waals surface area (Å²) >= 11 is 1.75. The summed E-state index contributed by atoms with van der Waals surface area (Å²) in [6, 6.07) is 0. The Morgan fingerprint density at radius 2 is 2.23 bits per heavy atom. The van der Waals surface area contributed by atoms with Gasteiger partial charge in [0.15, 0.2) is 5.96 Å². The Morgan fingerprint density at radius 1 is 1.41 bits per heavy atom. The fourth-order valence-electron chi connectivity index (χ4n) is 1.82. The lowest BCUT2D eigenvalue weighted by Gasteiger charge is -2.11. The van der Waals surface area contributed by atoms with Gasteiger partial charge in [0.25, 0.3) is 0 Å². The minimum absolute atomic E-state index is 0.594. The van der Waals surface area contributed by atoms with Crippen LogP contribution in [0.15, 0.2) is 11.2 Å². The number of aryl methyl sites for hydroxylation is 1. The van der Waals surface area contributed by atoms with Crippen LogP contribution in [0.2, 0.25) is 0 Å². The number of guanidine groups is 1. The minimum Gasteiger partial charge on any atom is -0.381 e. The lowest BCUT2D eigenvalue weighted by molar-refractivity contribution is 0.109. The number of hydrogen-bond donors (Lipinski definition) is 2. The summed E-state index contributed by atoms with van der Waals surface area (Å²) in [7, 11) is 0. The first-order valence-corrected chi connectivity index (χ1v) is 8.94. The zero-order valence-electron chi connectivity index (χ0n) is 14.3. The molecule has 1 aromatic rings. The molecule has 0 saturated carbocycles.